The maximum atomic E-state index is 12.5. The van der Waals surface area contributed by atoms with E-state index in [0.717, 1.165) is 32.5 Å². The molecule has 0 aromatic rings. The molecule has 0 radical (unpaired) electrons. The summed E-state index contributed by atoms with van der Waals surface area (Å²) in [5.41, 5.74) is 0. The zero-order valence-corrected chi connectivity index (χ0v) is 23.0. The first kappa shape index (κ1) is 31.5. The predicted molar refractivity (Wildman–Crippen MR) is 149 cm³/mol. The Morgan fingerprint density at radius 3 is 2.09 bits per heavy atom. The number of carbonyl (C=O) groups excluding carboxylic acids is 1. The molecule has 0 aliphatic carbocycles. The Balaban J connectivity index is 1.98. The summed E-state index contributed by atoms with van der Waals surface area (Å²) in [6.07, 6.45) is 25.3. The highest BCUT2D eigenvalue weighted by Gasteiger charge is 2.34. The Bertz CT molecular complexity index is 555. The molecular weight excluding hydrogens is 436 g/mol. The van der Waals surface area contributed by atoms with E-state index in [4.69, 9.17) is 0 Å². The van der Waals surface area contributed by atoms with Crippen molar-refractivity contribution in [3.8, 4) is 0 Å². The normalized spacial score (nSPS) is 18.3. The van der Waals surface area contributed by atoms with Crippen LogP contribution >= 0.6 is 0 Å². The van der Waals surface area contributed by atoms with Crippen LogP contribution in [0, 0.1) is 5.92 Å². The van der Waals surface area contributed by atoms with E-state index in [2.05, 4.69) is 24.1 Å². The van der Waals surface area contributed by atoms with Crippen molar-refractivity contribution in [2.24, 2.45) is 5.92 Å². The van der Waals surface area contributed by atoms with Crippen LogP contribution in [0.15, 0.2) is 25.2 Å². The minimum absolute atomic E-state index is 0.101. The van der Waals surface area contributed by atoms with Gasteiger partial charge >= 0.3 is 0 Å². The Kier molecular flexibility index (Phi) is 19.6. The van der Waals surface area contributed by atoms with Crippen molar-refractivity contribution in [1.82, 2.24) is 20.4 Å². The molecule has 6 heteroatoms. The van der Waals surface area contributed by atoms with Gasteiger partial charge in [0.2, 0.25) is 5.91 Å². The Morgan fingerprint density at radius 1 is 0.971 bits per heavy atom. The van der Waals surface area contributed by atoms with E-state index < -0.39 is 6.23 Å². The van der Waals surface area contributed by atoms with Gasteiger partial charge in [-0.3, -0.25) is 9.69 Å². The monoisotopic (exact) mass is 492 g/mol. The van der Waals surface area contributed by atoms with Crippen LogP contribution in [0.1, 0.15) is 110 Å². The van der Waals surface area contributed by atoms with Gasteiger partial charge in [-0.2, -0.15) is 0 Å². The molecule has 1 rings (SSSR count). The number of aliphatic hydroxyl groups excluding tert-OH is 1. The predicted octanol–water partition coefficient (Wildman–Crippen LogP) is 5.75. The van der Waals surface area contributed by atoms with Crippen molar-refractivity contribution in [2.75, 3.05) is 33.2 Å². The molecule has 1 saturated heterocycles. The number of likely N-dealkylation sites (tertiary alicyclic amines) is 1. The summed E-state index contributed by atoms with van der Waals surface area (Å²) < 4.78 is 0. The summed E-state index contributed by atoms with van der Waals surface area (Å²) in [6.45, 7) is 9.12. The highest BCUT2D eigenvalue weighted by molar-refractivity contribution is 5.79. The molecule has 0 saturated carbocycles. The van der Waals surface area contributed by atoms with E-state index >= 15 is 0 Å². The van der Waals surface area contributed by atoms with Crippen LogP contribution in [-0.2, 0) is 4.79 Å². The number of carbonyl (C=O) groups is 1. The van der Waals surface area contributed by atoms with E-state index in [1.54, 1.807) is 6.20 Å². The van der Waals surface area contributed by atoms with Gasteiger partial charge in [0.1, 0.15) is 6.23 Å². The van der Waals surface area contributed by atoms with Crippen LogP contribution in [0.25, 0.3) is 0 Å². The number of aliphatic hydroxyl groups is 1. The van der Waals surface area contributed by atoms with Gasteiger partial charge in [-0.05, 0) is 25.5 Å². The molecule has 0 aromatic heterocycles. The minimum Gasteiger partial charge on any atom is -0.393 e. The molecule has 3 N–H and O–H groups in total. The summed E-state index contributed by atoms with van der Waals surface area (Å²) >= 11 is 0. The first-order valence-electron chi connectivity index (χ1n) is 14.5. The first-order chi connectivity index (χ1) is 17.1. The molecule has 1 amide bonds. The maximum Gasteiger partial charge on any atom is 0.224 e. The third kappa shape index (κ3) is 16.0. The average Bonchev–Trinajstić information content (AvgIpc) is 3.24. The van der Waals surface area contributed by atoms with Crippen molar-refractivity contribution in [3.63, 3.8) is 0 Å². The molecule has 1 heterocycles. The van der Waals surface area contributed by atoms with Gasteiger partial charge in [-0.15, -0.1) is 0 Å². The zero-order chi connectivity index (χ0) is 25.6. The van der Waals surface area contributed by atoms with E-state index in [1.165, 1.54) is 83.5 Å². The second-order valence-electron chi connectivity index (χ2n) is 10.2. The first-order valence-corrected chi connectivity index (χ1v) is 14.5. The molecule has 0 aromatic carbocycles. The van der Waals surface area contributed by atoms with Gasteiger partial charge in [0.25, 0.3) is 0 Å². The topological polar surface area (TPSA) is 67.8 Å². The smallest absolute Gasteiger partial charge is 0.224 e. The van der Waals surface area contributed by atoms with Crippen LogP contribution in [0.3, 0.4) is 0 Å². The van der Waals surface area contributed by atoms with E-state index in [-0.39, 0.29) is 11.8 Å². The molecule has 1 aliphatic rings. The van der Waals surface area contributed by atoms with Gasteiger partial charge in [0.05, 0.1) is 5.92 Å². The minimum atomic E-state index is -0.517. The number of hydrogen-bond acceptors (Lipinski definition) is 5. The van der Waals surface area contributed by atoms with Crippen molar-refractivity contribution >= 4 is 5.91 Å². The summed E-state index contributed by atoms with van der Waals surface area (Å²) in [5, 5.41) is 16.4. The van der Waals surface area contributed by atoms with Gasteiger partial charge < -0.3 is 20.6 Å². The molecule has 2 atom stereocenters. The van der Waals surface area contributed by atoms with E-state index in [0.29, 0.717) is 13.0 Å². The van der Waals surface area contributed by atoms with Crippen molar-refractivity contribution in [2.45, 2.75) is 116 Å². The molecule has 0 spiro atoms. The lowest BCUT2D eigenvalue weighted by Gasteiger charge is -2.21. The second kappa shape index (κ2) is 21.7. The summed E-state index contributed by atoms with van der Waals surface area (Å²) in [6, 6.07) is 0. The Hall–Kier alpha value is -1.53. The average molecular weight is 493 g/mol. The fourth-order valence-corrected chi connectivity index (χ4v) is 4.84. The van der Waals surface area contributed by atoms with Gasteiger partial charge in [0.15, 0.2) is 0 Å². The fraction of sp³-hybridized carbons (Fsp3) is 0.828. The van der Waals surface area contributed by atoms with E-state index in [1.807, 2.05) is 29.2 Å². The lowest BCUT2D eigenvalue weighted by molar-refractivity contribution is -0.124. The van der Waals surface area contributed by atoms with Crippen LogP contribution in [0.4, 0.5) is 0 Å². The number of amides is 1. The van der Waals surface area contributed by atoms with Crippen LogP contribution in [0.2, 0.25) is 0 Å². The number of nitrogens with one attached hydrogen (secondary N) is 2. The SMILES string of the molecule is C=CN(/C=C\NC)CCCN1CC(C(=O)NCCCCCCCCCCCCCCCC)CC1O. The van der Waals surface area contributed by atoms with Crippen LogP contribution in [-0.4, -0.2) is 60.3 Å². The molecule has 1 aliphatic heterocycles. The molecule has 204 valence electrons. The molecule has 35 heavy (non-hydrogen) atoms. The maximum absolute atomic E-state index is 12.5. The number of unbranched alkanes of at least 4 members (excludes halogenated alkanes) is 13. The van der Waals surface area contributed by atoms with Crippen LogP contribution in [0.5, 0.6) is 0 Å². The lowest BCUT2D eigenvalue weighted by Crippen LogP contribution is -2.34. The molecule has 6 nitrogen and oxygen atoms in total. The third-order valence-electron chi connectivity index (χ3n) is 7.10. The van der Waals surface area contributed by atoms with Gasteiger partial charge in [-0.25, -0.2) is 0 Å². The molecule has 1 fully saturated rings. The van der Waals surface area contributed by atoms with Crippen molar-refractivity contribution in [3.05, 3.63) is 25.2 Å². The zero-order valence-electron chi connectivity index (χ0n) is 23.0. The Labute approximate surface area is 216 Å². The second-order valence-corrected chi connectivity index (χ2v) is 10.2. The van der Waals surface area contributed by atoms with Gasteiger partial charge in [-0.1, -0.05) is 97.0 Å². The largest absolute Gasteiger partial charge is 0.393 e. The fourth-order valence-electron chi connectivity index (χ4n) is 4.84. The highest BCUT2D eigenvalue weighted by atomic mass is 16.3. The van der Waals surface area contributed by atoms with Gasteiger partial charge in [0, 0.05) is 45.6 Å². The van der Waals surface area contributed by atoms with Crippen molar-refractivity contribution < 1.29 is 9.90 Å². The van der Waals surface area contributed by atoms with E-state index in [9.17, 15) is 9.90 Å². The lowest BCUT2D eigenvalue weighted by atomic mass is 10.0. The highest BCUT2D eigenvalue weighted by Crippen LogP contribution is 2.22. The standard InChI is InChI=1S/C29H56N4O2/c1-4-6-7-8-9-10-11-12-13-14-15-16-17-18-20-31-29(35)27-25-28(34)33(26-27)23-19-22-32(5-2)24-21-30-3/h5,21,24,27-28,30,34H,2,4,6-20,22-23,25-26H2,1,3H3,(H,31,35)/b24-21-. The molecule has 2 unspecified atom stereocenters. The third-order valence-corrected chi connectivity index (χ3v) is 7.10. The molecule has 0 bridgehead atoms. The summed E-state index contributed by atoms with van der Waals surface area (Å²) in [5.74, 6) is 0.00209. The number of rotatable bonds is 23. The summed E-state index contributed by atoms with van der Waals surface area (Å²) in [7, 11) is 1.86. The quantitative estimate of drug-likeness (QED) is 0.158. The van der Waals surface area contributed by atoms with Crippen molar-refractivity contribution in [1.29, 1.82) is 0 Å². The molecular formula is C29H56N4O2. The van der Waals surface area contributed by atoms with Crippen LogP contribution < -0.4 is 10.6 Å². The Morgan fingerprint density at radius 2 is 1.54 bits per heavy atom. The number of hydrogen-bond donors (Lipinski definition) is 3. The summed E-state index contributed by atoms with van der Waals surface area (Å²) in [4.78, 5) is 16.6. The number of nitrogens with zero attached hydrogens (tertiary/aromatic N) is 2.